The average Bonchev–Trinajstić information content (AvgIpc) is 3.38. The lowest BCUT2D eigenvalue weighted by Crippen LogP contribution is -2.38. The summed E-state index contributed by atoms with van der Waals surface area (Å²) in [5.41, 5.74) is 8.61. The molecule has 1 atom stereocenters. The highest BCUT2D eigenvalue weighted by atomic mass is 35.5. The van der Waals surface area contributed by atoms with Crippen molar-refractivity contribution in [1.82, 2.24) is 10.2 Å². The second-order valence-corrected chi connectivity index (χ2v) is 11.6. The van der Waals surface area contributed by atoms with Crippen LogP contribution < -0.4 is 16.0 Å². The monoisotopic (exact) mass is 600 g/mol. The van der Waals surface area contributed by atoms with E-state index in [1.165, 1.54) is 29.5 Å². The van der Waals surface area contributed by atoms with Crippen molar-refractivity contribution >= 4 is 68.8 Å². The molecule has 1 amide bonds. The van der Waals surface area contributed by atoms with E-state index in [0.29, 0.717) is 55.6 Å². The Balaban J connectivity index is 1.44. The normalized spacial score (nSPS) is 17.2. The van der Waals surface area contributed by atoms with E-state index >= 15 is 0 Å². The molecule has 0 fully saturated rings. The fraction of sp³-hybridized carbons (Fsp3) is 0.192. The highest BCUT2D eigenvalue weighted by molar-refractivity contribution is 8.01. The van der Waals surface area contributed by atoms with Crippen LogP contribution in [0.25, 0.3) is 0 Å². The lowest BCUT2D eigenvalue weighted by Gasteiger charge is -2.38. The van der Waals surface area contributed by atoms with Crippen LogP contribution in [-0.4, -0.2) is 27.6 Å². The van der Waals surface area contributed by atoms with Crippen LogP contribution >= 0.6 is 46.3 Å². The number of anilines is 2. The summed E-state index contributed by atoms with van der Waals surface area (Å²) in [6.07, 6.45) is 1.51. The number of hydrogen-bond acceptors (Lipinski definition) is 9. The Bertz CT molecular complexity index is 1600. The Hall–Kier alpha value is -3.43. The molecular formula is C26H19Cl2FN6O2S2. The van der Waals surface area contributed by atoms with Crippen molar-refractivity contribution in [2.45, 2.75) is 29.5 Å². The van der Waals surface area contributed by atoms with Crippen LogP contribution in [0.2, 0.25) is 10.0 Å². The van der Waals surface area contributed by atoms with E-state index in [4.69, 9.17) is 28.9 Å². The molecule has 2 aliphatic rings. The number of amides is 1. The van der Waals surface area contributed by atoms with Crippen LogP contribution in [0.5, 0.6) is 0 Å². The largest absolute Gasteiger partial charge is 0.384 e. The summed E-state index contributed by atoms with van der Waals surface area (Å²) in [6, 6.07) is 13.1. The lowest BCUT2D eigenvalue weighted by molar-refractivity contribution is -0.116. The Morgan fingerprint density at radius 3 is 2.77 bits per heavy atom. The number of nitrogens with zero attached hydrogens (tertiary/aromatic N) is 4. The molecule has 0 radical (unpaired) electrons. The highest BCUT2D eigenvalue weighted by Crippen LogP contribution is 2.47. The molecule has 1 aromatic heterocycles. The maximum Gasteiger partial charge on any atom is 0.234 e. The number of carbonyl (C=O) groups is 2. The standard InChI is InChI=1S/C26H19Cl2FN6O2S2/c27-15-9-8-13(10-16(15)28)22-14(11-30)24(31)35(19-6-3-7-20(36)23(19)22)25-33-34-26(39-25)38-12-21(37)32-18-5-2-1-4-17(18)29/h1-2,4-5,8-10,22H,3,6-7,12,31H2,(H,32,37). The van der Waals surface area contributed by atoms with Gasteiger partial charge in [0.1, 0.15) is 11.6 Å². The summed E-state index contributed by atoms with van der Waals surface area (Å²) >= 11 is 14.7. The van der Waals surface area contributed by atoms with Gasteiger partial charge in [0.2, 0.25) is 11.0 Å². The molecule has 3 aromatic rings. The first-order chi connectivity index (χ1) is 18.8. The van der Waals surface area contributed by atoms with Crippen LogP contribution in [0.1, 0.15) is 30.7 Å². The number of allylic oxidation sites excluding steroid dienone is 3. The minimum absolute atomic E-state index is 0.0242. The Morgan fingerprint density at radius 2 is 2.03 bits per heavy atom. The third-order valence-electron chi connectivity index (χ3n) is 6.25. The molecule has 5 rings (SSSR count). The molecule has 1 aliphatic heterocycles. The summed E-state index contributed by atoms with van der Waals surface area (Å²) in [5.74, 6) is -1.58. The van der Waals surface area contributed by atoms with Gasteiger partial charge in [-0.05, 0) is 42.7 Å². The van der Waals surface area contributed by atoms with Crippen LogP contribution in [0.15, 0.2) is 69.5 Å². The van der Waals surface area contributed by atoms with E-state index < -0.39 is 17.6 Å². The maximum absolute atomic E-state index is 13.8. The quantitative estimate of drug-likeness (QED) is 0.329. The predicted molar refractivity (Wildman–Crippen MR) is 150 cm³/mol. The molecule has 1 unspecified atom stereocenters. The fourth-order valence-corrected chi connectivity index (χ4v) is 6.54. The topological polar surface area (TPSA) is 125 Å². The fourth-order valence-electron chi connectivity index (χ4n) is 4.56. The SMILES string of the molecule is N#CC1=C(N)N(c2nnc(SCC(=O)Nc3ccccc3F)s2)C2=C(C(=O)CCC2)C1c1ccc(Cl)c(Cl)c1. The van der Waals surface area contributed by atoms with Crippen molar-refractivity contribution in [3.05, 3.63) is 86.6 Å². The Morgan fingerprint density at radius 1 is 1.23 bits per heavy atom. The van der Waals surface area contributed by atoms with E-state index in [1.807, 2.05) is 0 Å². The smallest absolute Gasteiger partial charge is 0.234 e. The van der Waals surface area contributed by atoms with Gasteiger partial charge in [0.15, 0.2) is 10.1 Å². The van der Waals surface area contributed by atoms with E-state index in [-0.39, 0.29) is 28.6 Å². The molecule has 39 heavy (non-hydrogen) atoms. The number of Topliss-reactive ketones (excluding diaryl/α,β-unsaturated/α-hetero) is 1. The van der Waals surface area contributed by atoms with Gasteiger partial charge in [-0.15, -0.1) is 10.2 Å². The number of benzene rings is 2. The van der Waals surface area contributed by atoms with Gasteiger partial charge in [-0.2, -0.15) is 5.26 Å². The van der Waals surface area contributed by atoms with Crippen LogP contribution in [-0.2, 0) is 9.59 Å². The number of rotatable bonds is 6. The maximum atomic E-state index is 13.8. The van der Waals surface area contributed by atoms with Gasteiger partial charge in [-0.3, -0.25) is 14.5 Å². The third kappa shape index (κ3) is 5.38. The molecule has 1 aliphatic carbocycles. The summed E-state index contributed by atoms with van der Waals surface area (Å²) < 4.78 is 14.3. The molecule has 8 nitrogen and oxygen atoms in total. The lowest BCUT2D eigenvalue weighted by atomic mass is 9.76. The first-order valence-electron chi connectivity index (χ1n) is 11.7. The average molecular weight is 602 g/mol. The number of para-hydroxylation sites is 1. The van der Waals surface area contributed by atoms with E-state index in [0.717, 1.165) is 11.8 Å². The van der Waals surface area contributed by atoms with Crippen molar-refractivity contribution in [2.75, 3.05) is 16.0 Å². The number of nitrogens with two attached hydrogens (primary N) is 1. The molecule has 13 heteroatoms. The van der Waals surface area contributed by atoms with Gasteiger partial charge in [-0.1, -0.05) is 64.5 Å². The molecule has 0 saturated carbocycles. The number of carbonyl (C=O) groups excluding carboxylic acids is 2. The van der Waals surface area contributed by atoms with Crippen molar-refractivity contribution in [1.29, 1.82) is 5.26 Å². The first-order valence-corrected chi connectivity index (χ1v) is 14.3. The van der Waals surface area contributed by atoms with Crippen molar-refractivity contribution in [2.24, 2.45) is 5.73 Å². The van der Waals surface area contributed by atoms with Gasteiger partial charge >= 0.3 is 0 Å². The number of hydrogen-bond donors (Lipinski definition) is 2. The van der Waals surface area contributed by atoms with Crippen molar-refractivity contribution in [3.8, 4) is 6.07 Å². The summed E-state index contributed by atoms with van der Waals surface area (Å²) in [7, 11) is 0. The molecule has 0 saturated heterocycles. The molecule has 3 N–H and O–H groups in total. The molecular weight excluding hydrogens is 582 g/mol. The second kappa shape index (κ2) is 11.4. The third-order valence-corrected chi connectivity index (χ3v) is 9.03. The molecule has 0 bridgehead atoms. The van der Waals surface area contributed by atoms with Gasteiger partial charge in [0, 0.05) is 17.7 Å². The van der Waals surface area contributed by atoms with Crippen LogP contribution in [0.3, 0.4) is 0 Å². The number of ketones is 1. The number of nitrogens with one attached hydrogen (secondary N) is 1. The van der Waals surface area contributed by atoms with Crippen molar-refractivity contribution < 1.29 is 14.0 Å². The van der Waals surface area contributed by atoms with Crippen molar-refractivity contribution in [3.63, 3.8) is 0 Å². The van der Waals surface area contributed by atoms with Gasteiger partial charge in [0.25, 0.3) is 0 Å². The minimum atomic E-state index is -0.687. The number of thioether (sulfide) groups is 1. The van der Waals surface area contributed by atoms with E-state index in [2.05, 4.69) is 21.6 Å². The van der Waals surface area contributed by atoms with Crippen LogP contribution in [0.4, 0.5) is 15.2 Å². The highest BCUT2D eigenvalue weighted by Gasteiger charge is 2.41. The number of nitriles is 1. The predicted octanol–water partition coefficient (Wildman–Crippen LogP) is 6.02. The van der Waals surface area contributed by atoms with E-state index in [9.17, 15) is 19.2 Å². The molecule has 198 valence electrons. The summed E-state index contributed by atoms with van der Waals surface area (Å²) in [5, 5.41) is 22.1. The second-order valence-electron chi connectivity index (χ2n) is 8.66. The summed E-state index contributed by atoms with van der Waals surface area (Å²) in [4.78, 5) is 27.2. The number of halogens is 3. The molecule has 0 spiro atoms. The van der Waals surface area contributed by atoms with E-state index in [1.54, 1.807) is 29.2 Å². The Labute approximate surface area is 241 Å². The zero-order chi connectivity index (χ0) is 27.7. The summed E-state index contributed by atoms with van der Waals surface area (Å²) in [6.45, 7) is 0. The zero-order valence-electron chi connectivity index (χ0n) is 20.1. The Kier molecular flexibility index (Phi) is 7.91. The first kappa shape index (κ1) is 27.1. The number of aromatic nitrogens is 2. The van der Waals surface area contributed by atoms with Gasteiger partial charge in [0.05, 0.1) is 39.0 Å². The molecule has 2 aromatic carbocycles. The van der Waals surface area contributed by atoms with Gasteiger partial charge < -0.3 is 11.1 Å². The minimum Gasteiger partial charge on any atom is -0.384 e. The molecule has 2 heterocycles. The van der Waals surface area contributed by atoms with Crippen LogP contribution in [0, 0.1) is 17.1 Å². The zero-order valence-corrected chi connectivity index (χ0v) is 23.2. The van der Waals surface area contributed by atoms with Gasteiger partial charge in [-0.25, -0.2) is 4.39 Å².